The molecule has 3 rings (SSSR count). The maximum atomic E-state index is 13.5. The number of amides is 1. The standard InChI is InChI=1S/C31H35NO7/c1-3-20-36-27-16-10-8-14-25(27)29(33)32(18-22-38-30(34)24-12-6-5-7-13-24)19-23-39-31(35)26-15-9-11-17-28(26)37-21-4-2/h5-17H,3-4,18-23H2,1-2H3. The first-order chi connectivity index (χ1) is 19.0. The summed E-state index contributed by atoms with van der Waals surface area (Å²) in [5.41, 5.74) is 1.12. The summed E-state index contributed by atoms with van der Waals surface area (Å²) in [4.78, 5) is 40.2. The monoisotopic (exact) mass is 533 g/mol. The summed E-state index contributed by atoms with van der Waals surface area (Å²) < 4.78 is 22.3. The Morgan fingerprint density at radius 2 is 1.08 bits per heavy atom. The topological polar surface area (TPSA) is 91.4 Å². The fourth-order valence-corrected chi connectivity index (χ4v) is 3.67. The molecule has 0 atom stereocenters. The fourth-order valence-electron chi connectivity index (χ4n) is 3.67. The van der Waals surface area contributed by atoms with Crippen LogP contribution < -0.4 is 9.47 Å². The van der Waals surface area contributed by atoms with E-state index in [9.17, 15) is 14.4 Å². The lowest BCUT2D eigenvalue weighted by Gasteiger charge is -2.24. The molecular formula is C31H35NO7. The van der Waals surface area contributed by atoms with Crippen LogP contribution in [-0.2, 0) is 9.47 Å². The van der Waals surface area contributed by atoms with E-state index in [1.54, 1.807) is 72.8 Å². The van der Waals surface area contributed by atoms with Crippen LogP contribution in [0.3, 0.4) is 0 Å². The van der Waals surface area contributed by atoms with E-state index in [1.807, 2.05) is 19.9 Å². The Morgan fingerprint density at radius 3 is 1.67 bits per heavy atom. The van der Waals surface area contributed by atoms with Crippen molar-refractivity contribution in [1.29, 1.82) is 0 Å². The summed E-state index contributed by atoms with van der Waals surface area (Å²) in [7, 11) is 0. The number of benzene rings is 3. The molecule has 0 aliphatic rings. The molecule has 0 spiro atoms. The molecule has 3 aromatic rings. The summed E-state index contributed by atoms with van der Waals surface area (Å²) in [6.45, 7) is 5.02. The number of hydrogen-bond acceptors (Lipinski definition) is 7. The van der Waals surface area contributed by atoms with E-state index in [2.05, 4.69) is 0 Å². The summed E-state index contributed by atoms with van der Waals surface area (Å²) in [5.74, 6) is -0.428. The zero-order chi connectivity index (χ0) is 27.9. The minimum atomic E-state index is -0.545. The Balaban J connectivity index is 1.68. The summed E-state index contributed by atoms with van der Waals surface area (Å²) in [6, 6.07) is 22.5. The van der Waals surface area contributed by atoms with Gasteiger partial charge in [-0.05, 0) is 49.2 Å². The highest BCUT2D eigenvalue weighted by Crippen LogP contribution is 2.21. The van der Waals surface area contributed by atoms with Crippen molar-refractivity contribution in [2.75, 3.05) is 39.5 Å². The van der Waals surface area contributed by atoms with Gasteiger partial charge in [0, 0.05) is 0 Å². The summed E-state index contributed by atoms with van der Waals surface area (Å²) in [5, 5.41) is 0. The molecule has 3 aromatic carbocycles. The number of rotatable bonds is 15. The number of carbonyl (C=O) groups is 3. The Kier molecular flexibility index (Phi) is 11.9. The lowest BCUT2D eigenvalue weighted by molar-refractivity contribution is 0.0359. The molecule has 1 amide bonds. The Hall–Kier alpha value is -4.33. The highest BCUT2D eigenvalue weighted by molar-refractivity contribution is 5.97. The fraction of sp³-hybridized carbons (Fsp3) is 0.323. The lowest BCUT2D eigenvalue weighted by Crippen LogP contribution is -2.37. The average molecular weight is 534 g/mol. The van der Waals surface area contributed by atoms with Gasteiger partial charge in [-0.1, -0.05) is 56.3 Å². The first-order valence-corrected chi connectivity index (χ1v) is 13.2. The molecular weight excluding hydrogens is 498 g/mol. The van der Waals surface area contributed by atoms with Gasteiger partial charge in [0.05, 0.1) is 37.4 Å². The first-order valence-electron chi connectivity index (χ1n) is 13.2. The molecule has 0 saturated carbocycles. The Labute approximate surface area is 229 Å². The van der Waals surface area contributed by atoms with Crippen molar-refractivity contribution < 1.29 is 33.3 Å². The molecule has 0 aromatic heterocycles. The molecule has 8 heteroatoms. The number of para-hydroxylation sites is 2. The molecule has 0 saturated heterocycles. The number of carbonyl (C=O) groups excluding carboxylic acids is 3. The van der Waals surface area contributed by atoms with Gasteiger partial charge in [0.15, 0.2) is 0 Å². The van der Waals surface area contributed by atoms with E-state index in [1.165, 1.54) is 4.90 Å². The van der Waals surface area contributed by atoms with Crippen LogP contribution in [0.25, 0.3) is 0 Å². The van der Waals surface area contributed by atoms with Gasteiger partial charge in [-0.3, -0.25) is 4.79 Å². The van der Waals surface area contributed by atoms with E-state index in [4.69, 9.17) is 18.9 Å². The predicted octanol–water partition coefficient (Wildman–Crippen LogP) is 5.42. The maximum absolute atomic E-state index is 13.5. The molecule has 0 bridgehead atoms. The minimum Gasteiger partial charge on any atom is -0.493 e. The van der Waals surface area contributed by atoms with Crippen LogP contribution in [0.4, 0.5) is 0 Å². The number of hydrogen-bond donors (Lipinski definition) is 0. The highest BCUT2D eigenvalue weighted by atomic mass is 16.5. The van der Waals surface area contributed by atoms with Crippen LogP contribution in [0.2, 0.25) is 0 Å². The second kappa shape index (κ2) is 15.8. The highest BCUT2D eigenvalue weighted by Gasteiger charge is 2.21. The van der Waals surface area contributed by atoms with Gasteiger partial charge in [-0.25, -0.2) is 9.59 Å². The van der Waals surface area contributed by atoms with Gasteiger partial charge in [0.1, 0.15) is 30.3 Å². The van der Waals surface area contributed by atoms with Crippen LogP contribution >= 0.6 is 0 Å². The summed E-state index contributed by atoms with van der Waals surface area (Å²) >= 11 is 0. The minimum absolute atomic E-state index is 0.0287. The molecule has 8 nitrogen and oxygen atoms in total. The molecule has 0 aliphatic heterocycles. The van der Waals surface area contributed by atoms with Gasteiger partial charge in [-0.2, -0.15) is 0 Å². The van der Waals surface area contributed by atoms with Crippen LogP contribution in [-0.4, -0.2) is 62.3 Å². The zero-order valence-corrected chi connectivity index (χ0v) is 22.5. The van der Waals surface area contributed by atoms with Crippen LogP contribution in [0, 0.1) is 0 Å². The molecule has 0 aliphatic carbocycles. The molecule has 39 heavy (non-hydrogen) atoms. The zero-order valence-electron chi connectivity index (χ0n) is 22.5. The Bertz CT molecular complexity index is 1210. The molecule has 0 unspecified atom stereocenters. The van der Waals surface area contributed by atoms with Gasteiger partial charge in [-0.15, -0.1) is 0 Å². The van der Waals surface area contributed by atoms with Gasteiger partial charge in [0.2, 0.25) is 0 Å². The second-order valence-corrected chi connectivity index (χ2v) is 8.62. The predicted molar refractivity (Wildman–Crippen MR) is 147 cm³/mol. The third kappa shape index (κ3) is 8.88. The van der Waals surface area contributed by atoms with E-state index < -0.39 is 11.9 Å². The van der Waals surface area contributed by atoms with Crippen LogP contribution in [0.1, 0.15) is 57.8 Å². The third-order valence-electron chi connectivity index (χ3n) is 5.63. The van der Waals surface area contributed by atoms with Crippen molar-refractivity contribution in [3.8, 4) is 11.5 Å². The Morgan fingerprint density at radius 1 is 0.590 bits per heavy atom. The summed E-state index contributed by atoms with van der Waals surface area (Å²) in [6.07, 6.45) is 1.60. The SMILES string of the molecule is CCCOc1ccccc1C(=O)OCCN(CCOC(=O)c1ccccc1)C(=O)c1ccccc1OCCC. The van der Waals surface area contributed by atoms with E-state index >= 15 is 0 Å². The third-order valence-corrected chi connectivity index (χ3v) is 5.63. The average Bonchev–Trinajstić information content (AvgIpc) is 2.98. The number of ether oxygens (including phenoxy) is 4. The number of esters is 2. The van der Waals surface area contributed by atoms with Crippen molar-refractivity contribution >= 4 is 17.8 Å². The van der Waals surface area contributed by atoms with Gasteiger partial charge >= 0.3 is 11.9 Å². The maximum Gasteiger partial charge on any atom is 0.341 e. The van der Waals surface area contributed by atoms with Crippen molar-refractivity contribution in [1.82, 2.24) is 4.90 Å². The second-order valence-electron chi connectivity index (χ2n) is 8.62. The van der Waals surface area contributed by atoms with E-state index in [0.717, 1.165) is 12.8 Å². The molecule has 0 fully saturated rings. The van der Waals surface area contributed by atoms with E-state index in [0.29, 0.717) is 41.4 Å². The largest absolute Gasteiger partial charge is 0.493 e. The van der Waals surface area contributed by atoms with E-state index in [-0.39, 0.29) is 32.2 Å². The molecule has 206 valence electrons. The molecule has 0 radical (unpaired) electrons. The van der Waals surface area contributed by atoms with Crippen LogP contribution in [0.15, 0.2) is 78.9 Å². The number of nitrogens with zero attached hydrogens (tertiary/aromatic N) is 1. The quantitative estimate of drug-likeness (QED) is 0.241. The molecule has 0 heterocycles. The van der Waals surface area contributed by atoms with Gasteiger partial charge < -0.3 is 23.8 Å². The van der Waals surface area contributed by atoms with Crippen LogP contribution in [0.5, 0.6) is 11.5 Å². The van der Waals surface area contributed by atoms with Crippen molar-refractivity contribution in [2.45, 2.75) is 26.7 Å². The molecule has 0 N–H and O–H groups in total. The lowest BCUT2D eigenvalue weighted by atomic mass is 10.1. The van der Waals surface area contributed by atoms with Crippen molar-refractivity contribution in [2.24, 2.45) is 0 Å². The first kappa shape index (κ1) is 29.2. The van der Waals surface area contributed by atoms with Crippen molar-refractivity contribution in [3.63, 3.8) is 0 Å². The van der Waals surface area contributed by atoms with Gasteiger partial charge in [0.25, 0.3) is 5.91 Å². The smallest absolute Gasteiger partial charge is 0.341 e. The normalized spacial score (nSPS) is 10.4. The van der Waals surface area contributed by atoms with Crippen molar-refractivity contribution in [3.05, 3.63) is 95.6 Å².